The lowest BCUT2D eigenvalue weighted by Gasteiger charge is -2.01. The van der Waals surface area contributed by atoms with Crippen LogP contribution in [-0.2, 0) is 0 Å². The molecule has 2 rings (SSSR count). The number of nitrogens with one attached hydrogen (secondary N) is 1. The Kier molecular flexibility index (Phi) is 2.57. The molecule has 0 saturated heterocycles. The third-order valence-electron chi connectivity index (χ3n) is 2.41. The summed E-state index contributed by atoms with van der Waals surface area (Å²) in [7, 11) is 0. The van der Waals surface area contributed by atoms with Crippen molar-refractivity contribution in [2.24, 2.45) is 0 Å². The Labute approximate surface area is 93.0 Å². The van der Waals surface area contributed by atoms with Crippen LogP contribution in [0.5, 0.6) is 0 Å². The smallest absolute Gasteiger partial charge is 0.265 e. The van der Waals surface area contributed by atoms with Gasteiger partial charge in [-0.25, -0.2) is 0 Å². The van der Waals surface area contributed by atoms with E-state index in [1.165, 1.54) is 5.56 Å². The average molecular weight is 210 g/mol. The lowest BCUT2D eigenvalue weighted by Crippen LogP contribution is -2.08. The molecule has 16 heavy (non-hydrogen) atoms. The van der Waals surface area contributed by atoms with Crippen LogP contribution in [0.4, 0.5) is 0 Å². The van der Waals surface area contributed by atoms with Gasteiger partial charge in [0, 0.05) is 6.20 Å². The fourth-order valence-corrected chi connectivity index (χ4v) is 1.48. The summed E-state index contributed by atoms with van der Waals surface area (Å²) < 4.78 is 0. The molecular weight excluding hydrogens is 200 g/mol. The monoisotopic (exact) mass is 210 g/mol. The van der Waals surface area contributed by atoms with E-state index < -0.39 is 0 Å². The lowest BCUT2D eigenvalue weighted by molar-refractivity contribution is 1.21. The molecule has 0 radical (unpaired) electrons. The van der Waals surface area contributed by atoms with Gasteiger partial charge in [-0.05, 0) is 24.1 Å². The van der Waals surface area contributed by atoms with Gasteiger partial charge in [0.05, 0.1) is 0 Å². The zero-order chi connectivity index (χ0) is 11.5. The Balaban J connectivity index is 2.53. The topological polar surface area (TPSA) is 56.6 Å². The molecule has 0 spiro atoms. The van der Waals surface area contributed by atoms with E-state index in [2.05, 4.69) is 4.98 Å². The fraction of sp³-hybridized carbons (Fsp3) is 0.0769. The van der Waals surface area contributed by atoms with Crippen LogP contribution >= 0.6 is 0 Å². The summed E-state index contributed by atoms with van der Waals surface area (Å²) in [4.78, 5) is 13.8. The van der Waals surface area contributed by atoms with Crippen molar-refractivity contribution < 1.29 is 0 Å². The molecule has 2 aromatic rings. The van der Waals surface area contributed by atoms with Gasteiger partial charge in [-0.3, -0.25) is 4.79 Å². The van der Waals surface area contributed by atoms with Crippen LogP contribution < -0.4 is 5.56 Å². The van der Waals surface area contributed by atoms with Gasteiger partial charge in [-0.1, -0.05) is 29.8 Å². The number of H-pyrrole nitrogens is 1. The molecule has 3 nitrogen and oxygen atoms in total. The first-order chi connectivity index (χ1) is 7.70. The van der Waals surface area contributed by atoms with Crippen molar-refractivity contribution in [3.05, 3.63) is 58.0 Å². The molecule has 1 aromatic carbocycles. The van der Waals surface area contributed by atoms with Gasteiger partial charge in [0.1, 0.15) is 11.6 Å². The van der Waals surface area contributed by atoms with Crippen LogP contribution in [0.1, 0.15) is 11.1 Å². The minimum absolute atomic E-state index is 0.137. The summed E-state index contributed by atoms with van der Waals surface area (Å²) in [6.45, 7) is 2.01. The highest BCUT2D eigenvalue weighted by Crippen LogP contribution is 2.18. The van der Waals surface area contributed by atoms with Gasteiger partial charge >= 0.3 is 0 Å². The molecule has 0 aliphatic carbocycles. The third-order valence-corrected chi connectivity index (χ3v) is 2.41. The van der Waals surface area contributed by atoms with Gasteiger partial charge in [-0.15, -0.1) is 0 Å². The number of hydrogen-bond donors (Lipinski definition) is 1. The van der Waals surface area contributed by atoms with Crippen molar-refractivity contribution in [2.45, 2.75) is 6.92 Å². The Bertz CT molecular complexity index is 603. The minimum atomic E-state index is -0.349. The molecule has 1 heterocycles. The lowest BCUT2D eigenvalue weighted by atomic mass is 10.0. The highest BCUT2D eigenvalue weighted by Gasteiger charge is 2.02. The molecule has 1 aromatic heterocycles. The average Bonchev–Trinajstić information content (AvgIpc) is 2.31. The van der Waals surface area contributed by atoms with E-state index in [1.807, 2.05) is 37.3 Å². The van der Waals surface area contributed by atoms with Crippen LogP contribution in [0, 0.1) is 18.3 Å². The first-order valence-electron chi connectivity index (χ1n) is 4.90. The number of aryl methyl sites for hydroxylation is 1. The first kappa shape index (κ1) is 10.2. The summed E-state index contributed by atoms with van der Waals surface area (Å²) >= 11 is 0. The number of aromatic nitrogens is 1. The molecule has 0 fully saturated rings. The van der Waals surface area contributed by atoms with Gasteiger partial charge in [0.15, 0.2) is 0 Å². The van der Waals surface area contributed by atoms with Crippen LogP contribution in [0.25, 0.3) is 11.1 Å². The number of benzene rings is 1. The van der Waals surface area contributed by atoms with Gasteiger partial charge in [0.2, 0.25) is 0 Å². The Morgan fingerprint density at radius 2 is 1.88 bits per heavy atom. The van der Waals surface area contributed by atoms with Gasteiger partial charge < -0.3 is 4.98 Å². The Hall–Kier alpha value is -2.34. The molecule has 78 valence electrons. The van der Waals surface area contributed by atoms with Crippen molar-refractivity contribution in [3.63, 3.8) is 0 Å². The highest BCUT2D eigenvalue weighted by atomic mass is 16.1. The SMILES string of the molecule is Cc1ccc(-c2c[nH]c(=O)c(C#N)c2)cc1. The van der Waals surface area contributed by atoms with E-state index in [4.69, 9.17) is 5.26 Å². The minimum Gasteiger partial charge on any atom is -0.327 e. The second-order valence-electron chi connectivity index (χ2n) is 3.61. The number of nitrogens with zero attached hydrogens (tertiary/aromatic N) is 1. The predicted molar refractivity (Wildman–Crippen MR) is 62.0 cm³/mol. The van der Waals surface area contributed by atoms with E-state index in [0.29, 0.717) is 0 Å². The molecule has 0 bridgehead atoms. The molecular formula is C13H10N2O. The molecule has 0 atom stereocenters. The van der Waals surface area contributed by atoms with E-state index in [-0.39, 0.29) is 11.1 Å². The molecule has 3 heteroatoms. The van der Waals surface area contributed by atoms with Gasteiger partial charge in [-0.2, -0.15) is 5.26 Å². The van der Waals surface area contributed by atoms with Crippen molar-refractivity contribution >= 4 is 0 Å². The molecule has 0 aliphatic heterocycles. The van der Waals surface area contributed by atoms with Crippen LogP contribution in [0.15, 0.2) is 41.3 Å². The second kappa shape index (κ2) is 4.03. The molecule has 0 unspecified atom stereocenters. The van der Waals surface area contributed by atoms with Gasteiger partial charge in [0.25, 0.3) is 5.56 Å². The molecule has 0 saturated carbocycles. The quantitative estimate of drug-likeness (QED) is 0.784. The van der Waals surface area contributed by atoms with E-state index >= 15 is 0 Å². The summed E-state index contributed by atoms with van der Waals surface area (Å²) in [5.41, 5.74) is 2.79. The number of hydrogen-bond acceptors (Lipinski definition) is 2. The second-order valence-corrected chi connectivity index (χ2v) is 3.61. The van der Waals surface area contributed by atoms with Crippen molar-refractivity contribution in [1.82, 2.24) is 4.98 Å². The normalized spacial score (nSPS) is 9.75. The maximum absolute atomic E-state index is 11.2. The van der Waals surface area contributed by atoms with Crippen LogP contribution in [0.2, 0.25) is 0 Å². The maximum Gasteiger partial charge on any atom is 0.265 e. The van der Waals surface area contributed by atoms with Crippen molar-refractivity contribution in [2.75, 3.05) is 0 Å². The van der Waals surface area contributed by atoms with Crippen molar-refractivity contribution in [1.29, 1.82) is 5.26 Å². The molecule has 1 N–H and O–H groups in total. The summed E-state index contributed by atoms with van der Waals surface area (Å²) in [5.74, 6) is 0. The van der Waals surface area contributed by atoms with E-state index in [1.54, 1.807) is 12.3 Å². The predicted octanol–water partition coefficient (Wildman–Crippen LogP) is 2.22. The zero-order valence-corrected chi connectivity index (χ0v) is 8.82. The standard InChI is InChI=1S/C13H10N2O/c1-9-2-4-10(5-3-9)12-6-11(7-14)13(16)15-8-12/h2-6,8H,1H3,(H,15,16). The number of rotatable bonds is 1. The largest absolute Gasteiger partial charge is 0.327 e. The summed E-state index contributed by atoms with van der Waals surface area (Å²) in [5, 5.41) is 8.76. The zero-order valence-electron chi connectivity index (χ0n) is 8.82. The Morgan fingerprint density at radius 1 is 1.19 bits per heavy atom. The van der Waals surface area contributed by atoms with Crippen molar-refractivity contribution in [3.8, 4) is 17.2 Å². The number of aromatic amines is 1. The summed E-state index contributed by atoms with van der Waals surface area (Å²) in [6.07, 6.45) is 1.62. The third kappa shape index (κ3) is 1.86. The highest BCUT2D eigenvalue weighted by molar-refractivity contribution is 5.64. The molecule has 0 aliphatic rings. The van der Waals surface area contributed by atoms with E-state index in [0.717, 1.165) is 11.1 Å². The van der Waals surface area contributed by atoms with Crippen LogP contribution in [-0.4, -0.2) is 4.98 Å². The van der Waals surface area contributed by atoms with E-state index in [9.17, 15) is 4.79 Å². The first-order valence-corrected chi connectivity index (χ1v) is 4.90. The molecule has 0 amide bonds. The Morgan fingerprint density at radius 3 is 2.50 bits per heavy atom. The maximum atomic E-state index is 11.2. The summed E-state index contributed by atoms with van der Waals surface area (Å²) in [6, 6.07) is 11.4. The van der Waals surface area contributed by atoms with Crippen LogP contribution in [0.3, 0.4) is 0 Å². The number of nitriles is 1. The number of pyridine rings is 1. The fourth-order valence-electron chi connectivity index (χ4n) is 1.48.